The van der Waals surface area contributed by atoms with Crippen LogP contribution in [0.5, 0.6) is 0 Å². The number of hydrogen-bond donors (Lipinski definition) is 0. The van der Waals surface area contributed by atoms with Crippen LogP contribution in [0.25, 0.3) is 0 Å². The van der Waals surface area contributed by atoms with Crippen molar-refractivity contribution >= 4 is 5.78 Å². The highest BCUT2D eigenvalue weighted by Crippen LogP contribution is 2.19. The Balaban J connectivity index is 2.71. The first-order valence-electron chi connectivity index (χ1n) is 5.23. The molecule has 1 aromatic rings. The quantitative estimate of drug-likeness (QED) is 0.566. The molecule has 0 amide bonds. The summed E-state index contributed by atoms with van der Waals surface area (Å²) in [7, 11) is 0. The second-order valence-electron chi connectivity index (χ2n) is 3.95. The molecule has 1 aromatic carbocycles. The highest BCUT2D eigenvalue weighted by atomic mass is 16.6. The second-order valence-corrected chi connectivity index (χ2v) is 3.95. The number of Topliss-reactive ketones (excluding diaryl/α,β-unsaturated/α-hetero) is 1. The van der Waals surface area contributed by atoms with Crippen molar-refractivity contribution in [1.82, 2.24) is 0 Å². The summed E-state index contributed by atoms with van der Waals surface area (Å²) < 4.78 is 0. The summed E-state index contributed by atoms with van der Waals surface area (Å²) in [6.45, 7) is 3.09. The van der Waals surface area contributed by atoms with Crippen LogP contribution in [0.4, 0.5) is 0 Å². The summed E-state index contributed by atoms with van der Waals surface area (Å²) in [5.74, 6) is -0.899. The number of rotatable bonds is 5. The Morgan fingerprint density at radius 2 is 1.88 bits per heavy atom. The Morgan fingerprint density at radius 3 is 2.38 bits per heavy atom. The van der Waals surface area contributed by atoms with E-state index in [9.17, 15) is 14.9 Å². The zero-order chi connectivity index (χ0) is 12.1. The number of nitrogens with zero attached hydrogens (tertiary/aromatic N) is 1. The molecular formula is C12H15NO3. The predicted octanol–water partition coefficient (Wildman–Crippen LogP) is 2.27. The Morgan fingerprint density at radius 1 is 1.31 bits per heavy atom. The van der Waals surface area contributed by atoms with Crippen molar-refractivity contribution in [3.63, 3.8) is 0 Å². The largest absolute Gasteiger partial charge is 0.298 e. The Kier molecular flexibility index (Phi) is 4.17. The van der Waals surface area contributed by atoms with E-state index in [0.717, 1.165) is 5.56 Å². The molecular weight excluding hydrogens is 206 g/mol. The van der Waals surface area contributed by atoms with E-state index in [4.69, 9.17) is 0 Å². The van der Waals surface area contributed by atoms with Gasteiger partial charge in [-0.15, -0.1) is 0 Å². The maximum absolute atomic E-state index is 11.9. The lowest BCUT2D eigenvalue weighted by molar-refractivity contribution is -0.484. The van der Waals surface area contributed by atoms with Gasteiger partial charge in [-0.2, -0.15) is 0 Å². The molecule has 0 radical (unpaired) electrons. The van der Waals surface area contributed by atoms with Gasteiger partial charge in [-0.3, -0.25) is 14.9 Å². The molecule has 0 aromatic heterocycles. The minimum atomic E-state index is -0.537. The third-order valence-corrected chi connectivity index (χ3v) is 2.63. The van der Waals surface area contributed by atoms with Crippen molar-refractivity contribution in [2.75, 3.05) is 6.54 Å². The van der Waals surface area contributed by atoms with E-state index in [2.05, 4.69) is 0 Å². The SMILES string of the molecule is CC(C[N+](=O)[O-])C(=O)C(C)c1ccccc1. The monoisotopic (exact) mass is 221 g/mol. The van der Waals surface area contributed by atoms with Crippen LogP contribution in [0, 0.1) is 16.0 Å². The molecule has 86 valence electrons. The molecule has 16 heavy (non-hydrogen) atoms. The number of carbonyl (C=O) groups excluding carboxylic acids is 1. The fraction of sp³-hybridized carbons (Fsp3) is 0.417. The van der Waals surface area contributed by atoms with Gasteiger partial charge in [-0.05, 0) is 12.5 Å². The molecule has 0 bridgehead atoms. The van der Waals surface area contributed by atoms with Gasteiger partial charge in [0.1, 0.15) is 5.78 Å². The lowest BCUT2D eigenvalue weighted by Gasteiger charge is -2.13. The highest BCUT2D eigenvalue weighted by Gasteiger charge is 2.24. The maximum atomic E-state index is 11.9. The van der Waals surface area contributed by atoms with E-state index in [0.29, 0.717) is 0 Å². The summed E-state index contributed by atoms with van der Waals surface area (Å²) in [6, 6.07) is 9.32. The van der Waals surface area contributed by atoms with E-state index in [1.54, 1.807) is 13.8 Å². The minimum Gasteiger partial charge on any atom is -0.298 e. The average molecular weight is 221 g/mol. The zero-order valence-electron chi connectivity index (χ0n) is 9.42. The Bertz CT molecular complexity index is 375. The van der Waals surface area contributed by atoms with Gasteiger partial charge in [-0.25, -0.2) is 0 Å². The van der Waals surface area contributed by atoms with E-state index < -0.39 is 10.8 Å². The smallest absolute Gasteiger partial charge is 0.213 e. The second kappa shape index (κ2) is 5.39. The van der Waals surface area contributed by atoms with Crippen LogP contribution >= 0.6 is 0 Å². The van der Waals surface area contributed by atoms with Crippen LogP contribution < -0.4 is 0 Å². The van der Waals surface area contributed by atoms with Crippen molar-refractivity contribution in [1.29, 1.82) is 0 Å². The van der Waals surface area contributed by atoms with E-state index in [-0.39, 0.29) is 18.2 Å². The third kappa shape index (κ3) is 3.15. The molecule has 0 saturated carbocycles. The fourth-order valence-electron chi connectivity index (χ4n) is 1.65. The molecule has 0 spiro atoms. The Labute approximate surface area is 94.4 Å². The van der Waals surface area contributed by atoms with Crippen LogP contribution in [0.1, 0.15) is 25.3 Å². The van der Waals surface area contributed by atoms with Gasteiger partial charge < -0.3 is 0 Å². The van der Waals surface area contributed by atoms with Gasteiger partial charge in [0.05, 0.1) is 5.92 Å². The molecule has 0 aliphatic rings. The molecule has 0 aliphatic heterocycles. The molecule has 2 atom stereocenters. The molecule has 4 nitrogen and oxygen atoms in total. The minimum absolute atomic E-state index is 0.0806. The average Bonchev–Trinajstić information content (AvgIpc) is 2.27. The normalized spacial score (nSPS) is 14.1. The first-order valence-corrected chi connectivity index (χ1v) is 5.23. The van der Waals surface area contributed by atoms with Crippen molar-refractivity contribution in [3.05, 3.63) is 46.0 Å². The number of hydrogen-bond acceptors (Lipinski definition) is 3. The van der Waals surface area contributed by atoms with Gasteiger partial charge >= 0.3 is 0 Å². The highest BCUT2D eigenvalue weighted by molar-refractivity contribution is 5.87. The first kappa shape index (κ1) is 12.4. The zero-order valence-corrected chi connectivity index (χ0v) is 9.42. The van der Waals surface area contributed by atoms with Crippen LogP contribution in [0.15, 0.2) is 30.3 Å². The van der Waals surface area contributed by atoms with Gasteiger partial charge in [0.15, 0.2) is 0 Å². The van der Waals surface area contributed by atoms with Crippen molar-refractivity contribution in [2.24, 2.45) is 5.92 Å². The molecule has 0 fully saturated rings. The van der Waals surface area contributed by atoms with Crippen molar-refractivity contribution in [3.8, 4) is 0 Å². The summed E-state index contributed by atoms with van der Waals surface area (Å²) in [6.07, 6.45) is 0. The number of benzene rings is 1. The number of carbonyl (C=O) groups is 1. The van der Waals surface area contributed by atoms with Crippen LogP contribution in [0.2, 0.25) is 0 Å². The van der Waals surface area contributed by atoms with E-state index in [1.807, 2.05) is 30.3 Å². The summed E-state index contributed by atoms with van der Waals surface area (Å²) in [5.41, 5.74) is 0.905. The third-order valence-electron chi connectivity index (χ3n) is 2.63. The number of ketones is 1. The van der Waals surface area contributed by atoms with Crippen LogP contribution in [0.3, 0.4) is 0 Å². The number of nitro groups is 1. The van der Waals surface area contributed by atoms with Gasteiger partial charge in [-0.1, -0.05) is 37.3 Å². The maximum Gasteiger partial charge on any atom is 0.213 e. The van der Waals surface area contributed by atoms with Crippen LogP contribution in [-0.2, 0) is 4.79 Å². The first-order chi connectivity index (χ1) is 7.52. The fourth-order valence-corrected chi connectivity index (χ4v) is 1.65. The molecule has 0 heterocycles. The Hall–Kier alpha value is -1.71. The molecule has 2 unspecified atom stereocenters. The van der Waals surface area contributed by atoms with E-state index >= 15 is 0 Å². The topological polar surface area (TPSA) is 60.2 Å². The molecule has 0 N–H and O–H groups in total. The molecule has 4 heteroatoms. The van der Waals surface area contributed by atoms with Gasteiger partial charge in [0, 0.05) is 10.8 Å². The van der Waals surface area contributed by atoms with E-state index in [1.165, 1.54) is 0 Å². The van der Waals surface area contributed by atoms with Crippen LogP contribution in [-0.4, -0.2) is 17.3 Å². The predicted molar refractivity (Wildman–Crippen MR) is 60.9 cm³/mol. The molecule has 1 rings (SSSR count). The van der Waals surface area contributed by atoms with Gasteiger partial charge in [0.25, 0.3) is 0 Å². The molecule has 0 saturated heterocycles. The summed E-state index contributed by atoms with van der Waals surface area (Å²) in [5, 5.41) is 10.3. The standard InChI is InChI=1S/C12H15NO3/c1-9(8-13(15)16)12(14)10(2)11-6-4-3-5-7-11/h3-7,9-10H,8H2,1-2H3. The lowest BCUT2D eigenvalue weighted by Crippen LogP contribution is -2.24. The summed E-state index contributed by atoms with van der Waals surface area (Å²) in [4.78, 5) is 21.8. The van der Waals surface area contributed by atoms with Crippen molar-refractivity contribution in [2.45, 2.75) is 19.8 Å². The van der Waals surface area contributed by atoms with Gasteiger partial charge in [0.2, 0.25) is 6.54 Å². The summed E-state index contributed by atoms with van der Waals surface area (Å²) >= 11 is 0. The molecule has 0 aliphatic carbocycles. The lowest BCUT2D eigenvalue weighted by atomic mass is 9.90. The van der Waals surface area contributed by atoms with Crippen molar-refractivity contribution < 1.29 is 9.72 Å².